The summed E-state index contributed by atoms with van der Waals surface area (Å²) in [6.45, 7) is 0. The second-order valence-electron chi connectivity index (χ2n) is 3.45. The van der Waals surface area contributed by atoms with Crippen LogP contribution in [0.25, 0.3) is 17.0 Å². The average molecular weight is 252 g/mol. The van der Waals surface area contributed by atoms with Crippen molar-refractivity contribution in [3.8, 4) is 11.4 Å². The molecule has 3 rings (SSSR count). The number of aromatic nitrogens is 3. The third-order valence-corrected chi connectivity index (χ3v) is 2.83. The van der Waals surface area contributed by atoms with E-state index in [0.717, 1.165) is 11.4 Å². The van der Waals surface area contributed by atoms with Gasteiger partial charge in [-0.1, -0.05) is 23.2 Å². The third-order valence-electron chi connectivity index (χ3n) is 2.35. The lowest BCUT2D eigenvalue weighted by Gasteiger charge is -1.95. The van der Waals surface area contributed by atoms with Crippen molar-refractivity contribution < 1.29 is 0 Å². The first kappa shape index (κ1) is 9.75. The zero-order valence-corrected chi connectivity index (χ0v) is 9.63. The zero-order chi connectivity index (χ0) is 11.1. The summed E-state index contributed by atoms with van der Waals surface area (Å²) in [5.74, 6) is 0. The van der Waals surface area contributed by atoms with E-state index in [1.54, 1.807) is 12.3 Å². The molecule has 0 saturated heterocycles. The molecule has 16 heavy (non-hydrogen) atoms. The first-order valence-electron chi connectivity index (χ1n) is 4.71. The molecule has 3 nitrogen and oxygen atoms in total. The first-order chi connectivity index (χ1) is 7.74. The van der Waals surface area contributed by atoms with Crippen LogP contribution < -0.4 is 0 Å². The molecule has 1 N–H and O–H groups in total. The summed E-state index contributed by atoms with van der Waals surface area (Å²) < 4.78 is 1.82. The lowest BCUT2D eigenvalue weighted by atomic mass is 10.3. The van der Waals surface area contributed by atoms with E-state index in [-0.39, 0.29) is 0 Å². The normalized spacial score (nSPS) is 11.1. The fourth-order valence-electron chi connectivity index (χ4n) is 1.64. The predicted octanol–water partition coefficient (Wildman–Crippen LogP) is 3.64. The summed E-state index contributed by atoms with van der Waals surface area (Å²) in [5, 5.41) is 1.14. The van der Waals surface area contributed by atoms with Gasteiger partial charge in [0, 0.05) is 18.6 Å². The molecule has 0 unspecified atom stereocenters. The van der Waals surface area contributed by atoms with Crippen LogP contribution in [0, 0.1) is 0 Å². The summed E-state index contributed by atoms with van der Waals surface area (Å²) in [7, 11) is 0. The van der Waals surface area contributed by atoms with Crippen LogP contribution in [0.3, 0.4) is 0 Å². The van der Waals surface area contributed by atoms with Gasteiger partial charge in [0.2, 0.25) is 0 Å². The van der Waals surface area contributed by atoms with Crippen molar-refractivity contribution in [1.29, 1.82) is 0 Å². The quantitative estimate of drug-likeness (QED) is 0.704. The van der Waals surface area contributed by atoms with Crippen molar-refractivity contribution in [2.45, 2.75) is 0 Å². The van der Waals surface area contributed by atoms with E-state index < -0.39 is 0 Å². The number of hydrogen-bond donors (Lipinski definition) is 1. The molecule has 3 aromatic rings. The summed E-state index contributed by atoms with van der Waals surface area (Å²) in [6.07, 6.45) is 5.52. The summed E-state index contributed by atoms with van der Waals surface area (Å²) in [4.78, 5) is 7.53. The molecule has 3 heterocycles. The van der Waals surface area contributed by atoms with Crippen LogP contribution in [-0.4, -0.2) is 14.4 Å². The minimum Gasteiger partial charge on any atom is -0.360 e. The molecule has 0 fully saturated rings. The Morgan fingerprint density at radius 3 is 2.88 bits per heavy atom. The first-order valence-corrected chi connectivity index (χ1v) is 5.47. The highest BCUT2D eigenvalue weighted by Gasteiger charge is 2.08. The Morgan fingerprint density at radius 1 is 1.25 bits per heavy atom. The minimum atomic E-state index is 0.547. The summed E-state index contributed by atoms with van der Waals surface area (Å²) >= 11 is 12.0. The third kappa shape index (κ3) is 1.49. The van der Waals surface area contributed by atoms with Gasteiger partial charge in [0.1, 0.15) is 5.69 Å². The molecule has 0 atom stereocenters. The Bertz CT molecular complexity index is 641. The highest BCUT2D eigenvalue weighted by Crippen LogP contribution is 2.24. The number of rotatable bonds is 1. The van der Waals surface area contributed by atoms with Gasteiger partial charge in [-0.25, -0.2) is 4.98 Å². The molecule has 0 saturated carbocycles. The second kappa shape index (κ2) is 3.54. The van der Waals surface area contributed by atoms with E-state index in [1.807, 2.05) is 28.9 Å². The molecule has 0 aromatic carbocycles. The molecule has 0 bridgehead atoms. The van der Waals surface area contributed by atoms with E-state index in [4.69, 9.17) is 23.2 Å². The van der Waals surface area contributed by atoms with Crippen LogP contribution in [0.4, 0.5) is 0 Å². The molecule has 0 radical (unpaired) electrons. The van der Waals surface area contributed by atoms with E-state index in [1.165, 1.54) is 0 Å². The fourth-order valence-corrected chi connectivity index (χ4v) is 2.17. The Balaban J connectivity index is 2.27. The Kier molecular flexibility index (Phi) is 2.16. The van der Waals surface area contributed by atoms with Crippen molar-refractivity contribution in [1.82, 2.24) is 14.4 Å². The van der Waals surface area contributed by atoms with Crippen LogP contribution >= 0.6 is 23.2 Å². The summed E-state index contributed by atoms with van der Waals surface area (Å²) in [5.41, 5.74) is 2.50. The topological polar surface area (TPSA) is 33.1 Å². The van der Waals surface area contributed by atoms with Gasteiger partial charge in [-0.15, -0.1) is 0 Å². The van der Waals surface area contributed by atoms with Crippen molar-refractivity contribution >= 4 is 28.8 Å². The van der Waals surface area contributed by atoms with Gasteiger partial charge < -0.3 is 9.38 Å². The van der Waals surface area contributed by atoms with Crippen molar-refractivity contribution in [2.75, 3.05) is 0 Å². The highest BCUT2D eigenvalue weighted by molar-refractivity contribution is 6.36. The largest absolute Gasteiger partial charge is 0.360 e. The smallest absolute Gasteiger partial charge is 0.156 e. The number of pyridine rings is 1. The zero-order valence-electron chi connectivity index (χ0n) is 8.11. The van der Waals surface area contributed by atoms with Crippen LogP contribution in [0.1, 0.15) is 0 Å². The molecule has 0 spiro atoms. The van der Waals surface area contributed by atoms with Gasteiger partial charge in [0.15, 0.2) is 5.65 Å². The maximum atomic E-state index is 6.06. The molecular weight excluding hydrogens is 245 g/mol. The maximum Gasteiger partial charge on any atom is 0.156 e. The van der Waals surface area contributed by atoms with Gasteiger partial charge in [-0.3, -0.25) is 0 Å². The number of imidazole rings is 1. The monoisotopic (exact) mass is 251 g/mol. The van der Waals surface area contributed by atoms with E-state index in [9.17, 15) is 0 Å². The Labute approximate surface area is 102 Å². The lowest BCUT2D eigenvalue weighted by Crippen LogP contribution is -1.82. The van der Waals surface area contributed by atoms with Gasteiger partial charge in [-0.05, 0) is 18.2 Å². The van der Waals surface area contributed by atoms with Crippen LogP contribution in [0.2, 0.25) is 10.0 Å². The number of nitrogens with zero attached hydrogens (tertiary/aromatic N) is 2. The molecule has 0 amide bonds. The second-order valence-corrected chi connectivity index (χ2v) is 4.29. The van der Waals surface area contributed by atoms with Crippen LogP contribution in [-0.2, 0) is 0 Å². The molecule has 3 aromatic heterocycles. The minimum absolute atomic E-state index is 0.547. The van der Waals surface area contributed by atoms with Crippen LogP contribution in [0.15, 0.2) is 36.8 Å². The standard InChI is InChI=1S/C11H7Cl2N3/c12-7-4-8(13)11-15-10(6-16(11)5-7)9-2-1-3-14-9/h1-6,14H. The van der Waals surface area contributed by atoms with Gasteiger partial charge in [-0.2, -0.15) is 0 Å². The molecule has 5 heteroatoms. The number of halogens is 2. The number of aromatic amines is 1. The van der Waals surface area contributed by atoms with E-state index >= 15 is 0 Å². The summed E-state index contributed by atoms with van der Waals surface area (Å²) in [6, 6.07) is 5.56. The lowest BCUT2D eigenvalue weighted by molar-refractivity contribution is 1.19. The Morgan fingerprint density at radius 2 is 2.12 bits per heavy atom. The highest BCUT2D eigenvalue weighted by atomic mass is 35.5. The Hall–Kier alpha value is -1.45. The molecule has 80 valence electrons. The predicted molar refractivity (Wildman–Crippen MR) is 65.0 cm³/mol. The van der Waals surface area contributed by atoms with Crippen molar-refractivity contribution in [2.24, 2.45) is 0 Å². The SMILES string of the molecule is Clc1cc(Cl)c2nc(-c3ccc[nH]3)cn2c1. The fraction of sp³-hybridized carbons (Fsp3) is 0. The van der Waals surface area contributed by atoms with Gasteiger partial charge in [0.05, 0.1) is 15.7 Å². The molecule has 0 aliphatic rings. The number of nitrogens with one attached hydrogen (secondary N) is 1. The van der Waals surface area contributed by atoms with Crippen molar-refractivity contribution in [3.05, 3.63) is 46.8 Å². The van der Waals surface area contributed by atoms with Gasteiger partial charge in [0.25, 0.3) is 0 Å². The number of fused-ring (bicyclic) bond motifs is 1. The number of H-pyrrole nitrogens is 1. The average Bonchev–Trinajstić information content (AvgIpc) is 2.82. The van der Waals surface area contributed by atoms with E-state index in [2.05, 4.69) is 9.97 Å². The van der Waals surface area contributed by atoms with Crippen LogP contribution in [0.5, 0.6) is 0 Å². The molecule has 0 aliphatic carbocycles. The van der Waals surface area contributed by atoms with Crippen molar-refractivity contribution in [3.63, 3.8) is 0 Å². The molecular formula is C11H7Cl2N3. The number of hydrogen-bond acceptors (Lipinski definition) is 1. The molecule has 0 aliphatic heterocycles. The van der Waals surface area contributed by atoms with Gasteiger partial charge >= 0.3 is 0 Å². The van der Waals surface area contributed by atoms with E-state index in [0.29, 0.717) is 15.7 Å². The maximum absolute atomic E-state index is 6.06.